The van der Waals surface area contributed by atoms with E-state index in [2.05, 4.69) is 20.4 Å². The second-order valence-corrected chi connectivity index (χ2v) is 9.25. The van der Waals surface area contributed by atoms with Gasteiger partial charge in [-0.25, -0.2) is 4.79 Å². The van der Waals surface area contributed by atoms with Crippen molar-refractivity contribution in [3.8, 4) is 5.75 Å². The van der Waals surface area contributed by atoms with Gasteiger partial charge in [0.2, 0.25) is 0 Å². The topological polar surface area (TPSA) is 118 Å². The maximum Gasteiger partial charge on any atom is 0.343 e. The van der Waals surface area contributed by atoms with Crippen LogP contribution >= 0.6 is 0 Å². The van der Waals surface area contributed by atoms with Crippen LogP contribution in [0, 0.1) is 0 Å². The average Bonchev–Trinajstić information content (AvgIpc) is 3.26. The van der Waals surface area contributed by atoms with Gasteiger partial charge < -0.3 is 30.8 Å². The van der Waals surface area contributed by atoms with Gasteiger partial charge in [-0.05, 0) is 68.1 Å². The van der Waals surface area contributed by atoms with Crippen molar-refractivity contribution in [3.05, 3.63) is 53.7 Å². The Morgan fingerprint density at radius 2 is 1.94 bits per heavy atom. The zero-order valence-corrected chi connectivity index (χ0v) is 20.4. The molecule has 0 saturated heterocycles. The van der Waals surface area contributed by atoms with Crippen molar-refractivity contribution in [2.75, 3.05) is 24.8 Å². The smallest absolute Gasteiger partial charge is 0.343 e. The lowest BCUT2D eigenvalue weighted by molar-refractivity contribution is -0.142. The number of carbonyl (C=O) groups is 2. The summed E-state index contributed by atoms with van der Waals surface area (Å²) in [6, 6.07) is 11.4. The fourth-order valence-electron chi connectivity index (χ4n) is 4.61. The summed E-state index contributed by atoms with van der Waals surface area (Å²) in [4.78, 5) is 27.5. The van der Waals surface area contributed by atoms with Crippen LogP contribution in [-0.4, -0.2) is 42.7 Å². The van der Waals surface area contributed by atoms with E-state index in [-0.39, 0.29) is 18.6 Å². The van der Waals surface area contributed by atoms with Crippen molar-refractivity contribution in [3.63, 3.8) is 0 Å². The number of methoxy groups -OCH3 is 1. The maximum atomic E-state index is 12.9. The van der Waals surface area contributed by atoms with Crippen molar-refractivity contribution in [1.82, 2.24) is 10.3 Å². The lowest BCUT2D eigenvalue weighted by Crippen LogP contribution is -2.34. The minimum Gasteiger partial charge on any atom is -0.482 e. The van der Waals surface area contributed by atoms with Crippen LogP contribution in [0.3, 0.4) is 0 Å². The third kappa shape index (κ3) is 6.26. The Kier molecular flexibility index (Phi) is 7.80. The van der Waals surface area contributed by atoms with Gasteiger partial charge in [-0.15, -0.1) is 0 Å². The van der Waals surface area contributed by atoms with Gasteiger partial charge in [0.1, 0.15) is 5.75 Å². The second kappa shape index (κ2) is 11.2. The monoisotopic (exact) mass is 478 g/mol. The highest BCUT2D eigenvalue weighted by molar-refractivity contribution is 5.96. The zero-order valence-electron chi connectivity index (χ0n) is 20.4. The molecule has 1 heterocycles. The summed E-state index contributed by atoms with van der Waals surface area (Å²) in [5, 5.41) is 7.58. The van der Waals surface area contributed by atoms with Crippen molar-refractivity contribution in [1.29, 1.82) is 0 Å². The normalized spacial score (nSPS) is 14.9. The van der Waals surface area contributed by atoms with Gasteiger partial charge in [0.05, 0.1) is 18.5 Å². The van der Waals surface area contributed by atoms with E-state index in [0.717, 1.165) is 35.0 Å². The first kappa shape index (κ1) is 24.4. The Labute approximate surface area is 205 Å². The molecule has 186 valence electrons. The summed E-state index contributed by atoms with van der Waals surface area (Å²) < 4.78 is 10.1. The van der Waals surface area contributed by atoms with Crippen LogP contribution in [0.5, 0.6) is 5.75 Å². The first-order valence-electron chi connectivity index (χ1n) is 12.2. The van der Waals surface area contributed by atoms with E-state index in [0.29, 0.717) is 29.5 Å². The number of rotatable bonds is 9. The maximum absolute atomic E-state index is 12.9. The number of nitrogens with one attached hydrogen (secondary N) is 3. The first-order chi connectivity index (χ1) is 16.9. The Balaban J connectivity index is 1.37. The summed E-state index contributed by atoms with van der Waals surface area (Å²) in [6.45, 7) is 1.82. The van der Waals surface area contributed by atoms with E-state index >= 15 is 0 Å². The van der Waals surface area contributed by atoms with E-state index in [1.165, 1.54) is 26.4 Å². The number of H-pyrrole nitrogens is 1. The van der Waals surface area contributed by atoms with E-state index in [1.807, 2.05) is 37.4 Å². The molecule has 0 spiro atoms. The third-order valence-corrected chi connectivity index (χ3v) is 6.51. The minimum absolute atomic E-state index is 0.109. The van der Waals surface area contributed by atoms with Crippen LogP contribution in [0.2, 0.25) is 0 Å². The number of esters is 1. The van der Waals surface area contributed by atoms with Gasteiger partial charge in [0.15, 0.2) is 6.61 Å². The molecule has 4 rings (SSSR count). The van der Waals surface area contributed by atoms with Gasteiger partial charge >= 0.3 is 5.97 Å². The molecule has 0 unspecified atom stereocenters. The Morgan fingerprint density at radius 3 is 2.69 bits per heavy atom. The quantitative estimate of drug-likeness (QED) is 0.267. The average molecular weight is 479 g/mol. The molecule has 1 atom stereocenters. The number of carbonyl (C=O) groups excluding carboxylic acids is 2. The van der Waals surface area contributed by atoms with Gasteiger partial charge in [-0.3, -0.25) is 4.79 Å². The van der Waals surface area contributed by atoms with Crippen molar-refractivity contribution < 1.29 is 19.1 Å². The molecule has 3 aromatic rings. The number of benzene rings is 2. The molecule has 1 aromatic heterocycles. The molecule has 1 aliphatic carbocycles. The molecule has 1 fully saturated rings. The molecule has 1 amide bonds. The molecule has 0 aliphatic heterocycles. The van der Waals surface area contributed by atoms with Crippen LogP contribution in [0.25, 0.3) is 10.9 Å². The van der Waals surface area contributed by atoms with Gasteiger partial charge in [0.25, 0.3) is 5.91 Å². The summed E-state index contributed by atoms with van der Waals surface area (Å²) in [6.07, 6.45) is 8.66. The fraction of sp³-hybridized carbons (Fsp3) is 0.407. The molecule has 1 saturated carbocycles. The first-order valence-corrected chi connectivity index (χ1v) is 12.2. The van der Waals surface area contributed by atoms with E-state index in [9.17, 15) is 9.59 Å². The van der Waals surface area contributed by atoms with Crippen LogP contribution in [-0.2, 0) is 16.0 Å². The fourth-order valence-corrected chi connectivity index (χ4v) is 4.61. The highest BCUT2D eigenvalue weighted by Gasteiger charge is 2.17. The zero-order chi connectivity index (χ0) is 24.8. The van der Waals surface area contributed by atoms with Crippen LogP contribution in [0.4, 0.5) is 11.4 Å². The minimum atomic E-state index is -0.436. The van der Waals surface area contributed by atoms with E-state index < -0.39 is 5.97 Å². The van der Waals surface area contributed by atoms with Gasteiger partial charge in [0, 0.05) is 34.7 Å². The number of aromatic amines is 1. The number of amides is 1. The number of nitrogens with two attached hydrogens (primary N) is 1. The number of hydrogen-bond acceptors (Lipinski definition) is 6. The highest BCUT2D eigenvalue weighted by Crippen LogP contribution is 2.27. The summed E-state index contributed by atoms with van der Waals surface area (Å²) in [5.74, 6) is -0.0117. The number of nitrogen functional groups attached to an aromatic ring is 1. The molecule has 5 N–H and O–H groups in total. The molecule has 0 bridgehead atoms. The number of anilines is 2. The molecular formula is C27H34N4O4. The number of aromatic nitrogens is 1. The Morgan fingerprint density at radius 1 is 1.14 bits per heavy atom. The second-order valence-electron chi connectivity index (χ2n) is 9.25. The Hall–Kier alpha value is -3.68. The molecule has 2 aromatic carbocycles. The SMILES string of the molecule is COC(=O)COc1ccc2[nH]cc(C[C@@H](C)NC(=O)c3ccc(NC4CCCCC4)c(N)c3)c2c1. The van der Waals surface area contributed by atoms with Gasteiger partial charge in [-0.1, -0.05) is 19.3 Å². The van der Waals surface area contributed by atoms with Crippen molar-refractivity contribution in [2.45, 2.75) is 57.5 Å². The lowest BCUT2D eigenvalue weighted by atomic mass is 9.95. The standard InChI is InChI=1S/C27H34N4O4/c1-17(12-19-15-29-24-11-9-21(14-22(19)24)35-16-26(32)34-2)30-27(33)18-8-10-25(23(28)13-18)31-20-6-4-3-5-7-20/h8-11,13-15,17,20,29,31H,3-7,12,16,28H2,1-2H3,(H,30,33)/t17-/m1/s1. The van der Waals surface area contributed by atoms with Crippen LogP contribution < -0.4 is 21.1 Å². The number of hydrogen-bond donors (Lipinski definition) is 4. The van der Waals surface area contributed by atoms with E-state index in [1.54, 1.807) is 12.1 Å². The molecule has 35 heavy (non-hydrogen) atoms. The molecule has 8 nitrogen and oxygen atoms in total. The van der Waals surface area contributed by atoms with Crippen molar-refractivity contribution in [2.24, 2.45) is 0 Å². The molecule has 1 aliphatic rings. The molecule has 8 heteroatoms. The highest BCUT2D eigenvalue weighted by atomic mass is 16.6. The summed E-state index contributed by atoms with van der Waals surface area (Å²) >= 11 is 0. The van der Waals surface area contributed by atoms with E-state index in [4.69, 9.17) is 10.5 Å². The lowest BCUT2D eigenvalue weighted by Gasteiger charge is -2.24. The molecule has 0 radical (unpaired) electrons. The molecular weight excluding hydrogens is 444 g/mol. The van der Waals surface area contributed by atoms with Crippen LogP contribution in [0.15, 0.2) is 42.6 Å². The third-order valence-electron chi connectivity index (χ3n) is 6.51. The number of fused-ring (bicyclic) bond motifs is 1. The Bertz CT molecular complexity index is 1180. The van der Waals surface area contributed by atoms with Crippen molar-refractivity contribution >= 4 is 34.2 Å². The van der Waals surface area contributed by atoms with Crippen LogP contribution in [0.1, 0.15) is 54.9 Å². The summed E-state index contributed by atoms with van der Waals surface area (Å²) in [5.41, 5.74) is 10.3. The van der Waals surface area contributed by atoms with Gasteiger partial charge in [-0.2, -0.15) is 0 Å². The number of ether oxygens (including phenoxy) is 2. The predicted molar refractivity (Wildman–Crippen MR) is 138 cm³/mol. The predicted octanol–water partition coefficient (Wildman–Crippen LogP) is 4.41. The summed E-state index contributed by atoms with van der Waals surface area (Å²) in [7, 11) is 1.33. The largest absolute Gasteiger partial charge is 0.482 e.